The maximum absolute atomic E-state index is 14.1. The van der Waals surface area contributed by atoms with Crippen molar-refractivity contribution in [2.75, 3.05) is 13.7 Å². The van der Waals surface area contributed by atoms with Crippen LogP contribution in [0.4, 0.5) is 4.39 Å². The van der Waals surface area contributed by atoms with Gasteiger partial charge in [0.15, 0.2) is 11.5 Å². The van der Waals surface area contributed by atoms with E-state index in [4.69, 9.17) is 21.1 Å². The van der Waals surface area contributed by atoms with E-state index in [2.05, 4.69) is 16.1 Å². The summed E-state index contributed by atoms with van der Waals surface area (Å²) in [7, 11) is 1.58. The number of rotatable bonds is 6. The number of fused-ring (bicyclic) bond motifs is 1. The van der Waals surface area contributed by atoms with E-state index in [0.29, 0.717) is 28.5 Å². The van der Waals surface area contributed by atoms with Gasteiger partial charge >= 0.3 is 0 Å². The number of hydrogen-bond donors (Lipinski definition) is 1. The van der Waals surface area contributed by atoms with Gasteiger partial charge in [-0.3, -0.25) is 4.99 Å². The van der Waals surface area contributed by atoms with Crippen LogP contribution in [0.5, 0.6) is 11.5 Å². The van der Waals surface area contributed by atoms with Crippen LogP contribution in [0.2, 0.25) is 5.02 Å². The molecule has 0 aliphatic carbocycles. The first-order chi connectivity index (χ1) is 14.0. The van der Waals surface area contributed by atoms with Crippen LogP contribution in [0.15, 0.2) is 41.5 Å². The van der Waals surface area contributed by atoms with Gasteiger partial charge < -0.3 is 14.5 Å². The summed E-state index contributed by atoms with van der Waals surface area (Å²) < 4.78 is 25.4. The fraction of sp³-hybridized carbons (Fsp3) is 0.261. The van der Waals surface area contributed by atoms with Crippen LogP contribution < -0.4 is 20.2 Å². The molecule has 1 aliphatic heterocycles. The SMILES string of the molecule is COc1cc(Cc2c[nH]c3c2=CCCN=3)c(Cl)cc1OCc1ccc(C)cc1F. The van der Waals surface area contributed by atoms with Gasteiger partial charge in [-0.1, -0.05) is 29.8 Å². The number of ether oxygens (including phenoxy) is 2. The molecular weight excluding hydrogens is 391 g/mol. The van der Waals surface area contributed by atoms with Gasteiger partial charge in [-0.05, 0) is 42.2 Å². The summed E-state index contributed by atoms with van der Waals surface area (Å²) in [5.41, 5.74) is 4.35. The molecule has 0 spiro atoms. The largest absolute Gasteiger partial charge is 0.493 e. The first-order valence-corrected chi connectivity index (χ1v) is 9.88. The Morgan fingerprint density at radius 2 is 2.00 bits per heavy atom. The number of nitrogens with one attached hydrogen (secondary N) is 1. The molecule has 1 aromatic heterocycles. The highest BCUT2D eigenvalue weighted by molar-refractivity contribution is 6.31. The molecular formula is C23H22ClFN2O2. The Labute approximate surface area is 173 Å². The summed E-state index contributed by atoms with van der Waals surface area (Å²) in [6, 6.07) is 8.68. The Morgan fingerprint density at radius 3 is 2.79 bits per heavy atom. The molecule has 1 aliphatic rings. The van der Waals surface area contributed by atoms with Crippen LogP contribution in [-0.4, -0.2) is 18.6 Å². The van der Waals surface area contributed by atoms with E-state index < -0.39 is 0 Å². The van der Waals surface area contributed by atoms with Crippen LogP contribution in [-0.2, 0) is 13.0 Å². The van der Waals surface area contributed by atoms with Crippen molar-refractivity contribution < 1.29 is 13.9 Å². The van der Waals surface area contributed by atoms with Crippen molar-refractivity contribution in [3.05, 3.63) is 80.3 Å². The number of benzene rings is 2. The summed E-state index contributed by atoms with van der Waals surface area (Å²) in [5.74, 6) is 0.763. The molecule has 0 atom stereocenters. The van der Waals surface area contributed by atoms with Crippen molar-refractivity contribution >= 4 is 17.7 Å². The fourth-order valence-electron chi connectivity index (χ4n) is 3.47. The average molecular weight is 413 g/mol. The molecule has 1 N–H and O–H groups in total. The van der Waals surface area contributed by atoms with Crippen LogP contribution in [0.1, 0.15) is 28.7 Å². The number of H-pyrrole nitrogens is 1. The molecule has 6 heteroatoms. The number of aromatic amines is 1. The molecule has 0 amide bonds. The number of nitrogens with zero attached hydrogens (tertiary/aromatic N) is 1. The lowest BCUT2D eigenvalue weighted by Crippen LogP contribution is -2.28. The Morgan fingerprint density at radius 1 is 1.14 bits per heavy atom. The summed E-state index contributed by atoms with van der Waals surface area (Å²) in [4.78, 5) is 7.72. The molecule has 3 aromatic rings. The third-order valence-corrected chi connectivity index (χ3v) is 5.39. The highest BCUT2D eigenvalue weighted by atomic mass is 35.5. The highest BCUT2D eigenvalue weighted by Gasteiger charge is 2.14. The normalized spacial score (nSPS) is 12.7. The number of aromatic nitrogens is 1. The van der Waals surface area contributed by atoms with E-state index in [1.807, 2.05) is 25.3 Å². The van der Waals surface area contributed by atoms with Gasteiger partial charge in [-0.25, -0.2) is 4.39 Å². The predicted molar refractivity (Wildman–Crippen MR) is 112 cm³/mol. The second-order valence-corrected chi connectivity index (χ2v) is 7.51. The molecule has 29 heavy (non-hydrogen) atoms. The van der Waals surface area contributed by atoms with E-state index in [-0.39, 0.29) is 12.4 Å². The summed E-state index contributed by atoms with van der Waals surface area (Å²) in [6.07, 6.45) is 5.77. The van der Waals surface area contributed by atoms with Crippen LogP contribution in [0.25, 0.3) is 6.08 Å². The van der Waals surface area contributed by atoms with Crippen LogP contribution in [0, 0.1) is 12.7 Å². The van der Waals surface area contributed by atoms with Gasteiger partial charge in [-0.2, -0.15) is 0 Å². The van der Waals surface area contributed by atoms with Crippen LogP contribution in [0.3, 0.4) is 0 Å². The smallest absolute Gasteiger partial charge is 0.163 e. The predicted octanol–water partition coefficient (Wildman–Crippen LogP) is 4.10. The topological polar surface area (TPSA) is 46.6 Å². The maximum Gasteiger partial charge on any atom is 0.163 e. The minimum absolute atomic E-state index is 0.0972. The average Bonchev–Trinajstić information content (AvgIpc) is 3.12. The zero-order valence-electron chi connectivity index (χ0n) is 16.4. The molecule has 4 rings (SSSR count). The zero-order chi connectivity index (χ0) is 20.4. The molecule has 2 aromatic carbocycles. The quantitative estimate of drug-likeness (QED) is 0.662. The molecule has 0 unspecified atom stereocenters. The molecule has 0 bridgehead atoms. The molecule has 0 fully saturated rings. The molecule has 0 saturated heterocycles. The van der Waals surface area contributed by atoms with E-state index in [1.54, 1.807) is 19.2 Å². The van der Waals surface area contributed by atoms with Crippen molar-refractivity contribution in [1.29, 1.82) is 0 Å². The van der Waals surface area contributed by atoms with Crippen molar-refractivity contribution in [3.8, 4) is 11.5 Å². The Balaban J connectivity index is 1.58. The minimum Gasteiger partial charge on any atom is -0.493 e. The number of aryl methyl sites for hydroxylation is 1. The Hall–Kier alpha value is -2.79. The van der Waals surface area contributed by atoms with Gasteiger partial charge in [0.05, 0.1) is 7.11 Å². The third kappa shape index (κ3) is 4.15. The number of hydrogen-bond acceptors (Lipinski definition) is 3. The Kier molecular flexibility index (Phi) is 5.58. The van der Waals surface area contributed by atoms with E-state index in [9.17, 15) is 4.39 Å². The third-order valence-electron chi connectivity index (χ3n) is 5.04. The molecule has 2 heterocycles. The van der Waals surface area contributed by atoms with E-state index in [1.165, 1.54) is 6.07 Å². The van der Waals surface area contributed by atoms with Gasteiger partial charge in [0, 0.05) is 41.0 Å². The van der Waals surface area contributed by atoms with Crippen molar-refractivity contribution in [2.24, 2.45) is 4.99 Å². The van der Waals surface area contributed by atoms with E-state index >= 15 is 0 Å². The molecule has 0 saturated carbocycles. The van der Waals surface area contributed by atoms with Crippen molar-refractivity contribution in [1.82, 2.24) is 4.98 Å². The van der Waals surface area contributed by atoms with Crippen LogP contribution >= 0.6 is 11.6 Å². The van der Waals surface area contributed by atoms with Gasteiger partial charge in [0.1, 0.15) is 17.9 Å². The monoisotopic (exact) mass is 412 g/mol. The number of halogens is 2. The van der Waals surface area contributed by atoms with Gasteiger partial charge in [0.25, 0.3) is 0 Å². The first-order valence-electron chi connectivity index (χ1n) is 9.50. The van der Waals surface area contributed by atoms with Crippen molar-refractivity contribution in [3.63, 3.8) is 0 Å². The highest BCUT2D eigenvalue weighted by Crippen LogP contribution is 2.34. The zero-order valence-corrected chi connectivity index (χ0v) is 17.1. The summed E-state index contributed by atoms with van der Waals surface area (Å²) in [5, 5.41) is 1.72. The molecule has 150 valence electrons. The van der Waals surface area contributed by atoms with Gasteiger partial charge in [-0.15, -0.1) is 0 Å². The number of methoxy groups -OCH3 is 1. The lowest BCUT2D eigenvalue weighted by Gasteiger charge is -2.14. The second kappa shape index (κ2) is 8.29. The lowest BCUT2D eigenvalue weighted by atomic mass is 10.0. The molecule has 0 radical (unpaired) electrons. The second-order valence-electron chi connectivity index (χ2n) is 7.11. The fourth-order valence-corrected chi connectivity index (χ4v) is 3.69. The Bertz CT molecular complexity index is 1170. The standard InChI is InChI=1S/C23H22ClFN2O2/c1-14-5-6-15(20(25)8-14)13-29-22-11-19(24)16(10-21(22)28-2)9-17-12-27-23-18(17)4-3-7-26-23/h4-6,8,10-12H,3,7,9,13H2,1-2H3,(H,26,27). The maximum atomic E-state index is 14.1. The van der Waals surface area contributed by atoms with E-state index in [0.717, 1.165) is 40.4 Å². The summed E-state index contributed by atoms with van der Waals surface area (Å²) in [6.45, 7) is 2.76. The molecule has 4 nitrogen and oxygen atoms in total. The van der Waals surface area contributed by atoms with Gasteiger partial charge in [0.2, 0.25) is 0 Å². The summed E-state index contributed by atoms with van der Waals surface area (Å²) >= 11 is 6.54. The minimum atomic E-state index is -0.287. The first kappa shape index (κ1) is 19.5. The van der Waals surface area contributed by atoms with Crippen molar-refractivity contribution in [2.45, 2.75) is 26.4 Å². The lowest BCUT2D eigenvalue weighted by molar-refractivity contribution is 0.279.